The second-order valence-electron chi connectivity index (χ2n) is 8.42. The number of likely N-dealkylation sites (tertiary alicyclic amines) is 1. The Morgan fingerprint density at radius 1 is 1.21 bits per heavy atom. The third-order valence-electron chi connectivity index (χ3n) is 6.17. The lowest BCUT2D eigenvalue weighted by atomic mass is 9.84. The maximum Gasteiger partial charge on any atom is 0.340 e. The summed E-state index contributed by atoms with van der Waals surface area (Å²) in [7, 11) is 0. The number of carbonyl (C=O) groups is 2. The molecule has 0 spiro atoms. The topological polar surface area (TPSA) is 113 Å². The quantitative estimate of drug-likeness (QED) is 0.628. The molecular formula is C24H24FN3O5. The van der Waals surface area contributed by atoms with Crippen LogP contribution in [0.5, 0.6) is 5.75 Å². The number of hydrogen-bond acceptors (Lipinski definition) is 6. The minimum atomic E-state index is -0.815. The number of hydrogen-bond donors (Lipinski definition) is 2. The SMILES string of the molecule is CCC1(NC(=O)c2cc(O)cc(=O)o2)CCN(C(=O)c2cnc3c(F)cc(C)cc3c2)CC1. The fourth-order valence-corrected chi connectivity index (χ4v) is 4.23. The molecule has 33 heavy (non-hydrogen) atoms. The number of aromatic nitrogens is 1. The number of halogens is 1. The number of benzene rings is 1. The Bertz CT molecular complexity index is 1290. The molecule has 1 aliphatic heterocycles. The molecule has 2 amide bonds. The highest BCUT2D eigenvalue weighted by Crippen LogP contribution is 2.28. The monoisotopic (exact) mass is 453 g/mol. The Balaban J connectivity index is 1.47. The molecule has 1 saturated heterocycles. The van der Waals surface area contributed by atoms with Crippen molar-refractivity contribution in [2.45, 2.75) is 38.6 Å². The zero-order valence-corrected chi connectivity index (χ0v) is 18.4. The number of aryl methyl sites for hydroxylation is 1. The number of piperidine rings is 1. The molecule has 8 nitrogen and oxygen atoms in total. The van der Waals surface area contributed by atoms with Crippen LogP contribution in [0, 0.1) is 12.7 Å². The number of pyridine rings is 1. The van der Waals surface area contributed by atoms with E-state index in [9.17, 15) is 23.9 Å². The molecule has 0 aliphatic carbocycles. The number of nitrogens with zero attached hydrogens (tertiary/aromatic N) is 2. The van der Waals surface area contributed by atoms with Gasteiger partial charge in [-0.1, -0.05) is 6.92 Å². The van der Waals surface area contributed by atoms with Crippen molar-refractivity contribution < 1.29 is 23.5 Å². The Hall–Kier alpha value is -3.75. The van der Waals surface area contributed by atoms with Gasteiger partial charge in [0.1, 0.15) is 17.1 Å². The summed E-state index contributed by atoms with van der Waals surface area (Å²) in [6.07, 6.45) is 2.99. The van der Waals surface area contributed by atoms with Gasteiger partial charge in [-0.2, -0.15) is 0 Å². The highest BCUT2D eigenvalue weighted by molar-refractivity contribution is 5.97. The number of carbonyl (C=O) groups excluding carboxylic acids is 2. The summed E-state index contributed by atoms with van der Waals surface area (Å²) in [4.78, 5) is 43.0. The number of aromatic hydroxyl groups is 1. The van der Waals surface area contributed by atoms with Crippen LogP contribution in [0.15, 0.2) is 45.7 Å². The molecule has 0 atom stereocenters. The van der Waals surface area contributed by atoms with Crippen LogP contribution in [0.1, 0.15) is 52.7 Å². The lowest BCUT2D eigenvalue weighted by Crippen LogP contribution is -2.55. The number of rotatable bonds is 4. The number of fused-ring (bicyclic) bond motifs is 1. The predicted octanol–water partition coefficient (Wildman–Crippen LogP) is 3.16. The minimum absolute atomic E-state index is 0.207. The molecule has 2 N–H and O–H groups in total. The zero-order chi connectivity index (χ0) is 23.8. The third kappa shape index (κ3) is 4.57. The summed E-state index contributed by atoms with van der Waals surface area (Å²) < 4.78 is 19.0. The minimum Gasteiger partial charge on any atom is -0.508 e. The van der Waals surface area contributed by atoms with Crippen molar-refractivity contribution in [1.82, 2.24) is 15.2 Å². The van der Waals surface area contributed by atoms with E-state index in [0.717, 1.165) is 17.7 Å². The Kier molecular flexibility index (Phi) is 5.88. The van der Waals surface area contributed by atoms with Crippen molar-refractivity contribution in [3.8, 4) is 5.75 Å². The summed E-state index contributed by atoms with van der Waals surface area (Å²) in [5, 5.41) is 13.0. The van der Waals surface area contributed by atoms with Crippen LogP contribution < -0.4 is 10.9 Å². The first-order valence-electron chi connectivity index (χ1n) is 10.7. The van der Waals surface area contributed by atoms with Gasteiger partial charge in [-0.25, -0.2) is 9.18 Å². The highest BCUT2D eigenvalue weighted by atomic mass is 19.1. The van der Waals surface area contributed by atoms with E-state index in [1.54, 1.807) is 24.0 Å². The van der Waals surface area contributed by atoms with Gasteiger partial charge >= 0.3 is 5.63 Å². The lowest BCUT2D eigenvalue weighted by molar-refractivity contribution is 0.0606. The average Bonchev–Trinajstić information content (AvgIpc) is 2.78. The Morgan fingerprint density at radius 3 is 2.61 bits per heavy atom. The Labute approximate surface area is 189 Å². The van der Waals surface area contributed by atoms with E-state index in [1.807, 2.05) is 6.92 Å². The summed E-state index contributed by atoms with van der Waals surface area (Å²) in [5.74, 6) is -1.84. The molecule has 1 aliphatic rings. The van der Waals surface area contributed by atoms with Gasteiger partial charge in [0.15, 0.2) is 5.76 Å². The highest BCUT2D eigenvalue weighted by Gasteiger charge is 2.36. The van der Waals surface area contributed by atoms with Gasteiger partial charge < -0.3 is 19.7 Å². The van der Waals surface area contributed by atoms with Gasteiger partial charge in [0.25, 0.3) is 11.8 Å². The largest absolute Gasteiger partial charge is 0.508 e. The second kappa shape index (κ2) is 8.65. The molecule has 9 heteroatoms. The van der Waals surface area contributed by atoms with Gasteiger partial charge in [-0.3, -0.25) is 14.6 Å². The van der Waals surface area contributed by atoms with E-state index in [2.05, 4.69) is 10.3 Å². The third-order valence-corrected chi connectivity index (χ3v) is 6.17. The summed E-state index contributed by atoms with van der Waals surface area (Å²) in [5.41, 5.74) is -0.0514. The molecule has 1 aromatic carbocycles. The molecule has 3 heterocycles. The van der Waals surface area contributed by atoms with E-state index < -0.39 is 22.9 Å². The first kappa shape index (κ1) is 22.4. The molecule has 0 bridgehead atoms. The fourth-order valence-electron chi connectivity index (χ4n) is 4.23. The number of amides is 2. The van der Waals surface area contributed by atoms with Crippen LogP contribution in [-0.2, 0) is 0 Å². The fraction of sp³-hybridized carbons (Fsp3) is 0.333. The molecule has 0 unspecified atom stereocenters. The standard InChI is InChI=1S/C24H24FN3O5/c1-3-24(27-22(31)19-11-17(29)12-20(30)33-19)4-6-28(7-5-24)23(32)16-10-15-8-14(2)9-18(25)21(15)26-13-16/h8-13,29H,3-7H2,1-2H3,(H,27,31). The van der Waals surface area contributed by atoms with Crippen LogP contribution in [0.25, 0.3) is 10.9 Å². The molecule has 0 radical (unpaired) electrons. The van der Waals surface area contributed by atoms with Crippen LogP contribution in [0.3, 0.4) is 0 Å². The predicted molar refractivity (Wildman–Crippen MR) is 119 cm³/mol. The Morgan fingerprint density at radius 2 is 1.94 bits per heavy atom. The molecule has 2 aromatic heterocycles. The maximum atomic E-state index is 14.1. The van der Waals surface area contributed by atoms with E-state index >= 15 is 0 Å². The smallest absolute Gasteiger partial charge is 0.340 e. The summed E-state index contributed by atoms with van der Waals surface area (Å²) >= 11 is 0. The molecule has 0 saturated carbocycles. The summed E-state index contributed by atoms with van der Waals surface area (Å²) in [6.45, 7) is 4.51. The van der Waals surface area contributed by atoms with E-state index in [1.165, 1.54) is 12.3 Å². The first-order valence-corrected chi connectivity index (χ1v) is 10.7. The van der Waals surface area contributed by atoms with Crippen LogP contribution in [0.4, 0.5) is 4.39 Å². The first-order chi connectivity index (χ1) is 15.7. The zero-order valence-electron chi connectivity index (χ0n) is 18.4. The summed E-state index contributed by atoms with van der Waals surface area (Å²) in [6, 6.07) is 6.82. The van der Waals surface area contributed by atoms with Crippen molar-refractivity contribution in [3.63, 3.8) is 0 Å². The van der Waals surface area contributed by atoms with E-state index in [-0.39, 0.29) is 22.9 Å². The molecular weight excluding hydrogens is 429 g/mol. The van der Waals surface area contributed by atoms with Gasteiger partial charge in [-0.05, 0) is 49.9 Å². The average molecular weight is 453 g/mol. The lowest BCUT2D eigenvalue weighted by Gasteiger charge is -2.41. The van der Waals surface area contributed by atoms with Crippen molar-refractivity contribution in [2.75, 3.05) is 13.1 Å². The molecule has 3 aromatic rings. The normalized spacial score (nSPS) is 15.4. The van der Waals surface area contributed by atoms with Crippen LogP contribution in [-0.4, -0.2) is 45.4 Å². The van der Waals surface area contributed by atoms with Gasteiger partial charge in [0.05, 0.1) is 11.6 Å². The van der Waals surface area contributed by atoms with Crippen molar-refractivity contribution in [3.05, 3.63) is 69.7 Å². The molecule has 1 fully saturated rings. The molecule has 172 valence electrons. The van der Waals surface area contributed by atoms with Crippen LogP contribution >= 0.6 is 0 Å². The maximum absolute atomic E-state index is 14.1. The second-order valence-corrected chi connectivity index (χ2v) is 8.42. The molecule has 4 rings (SSSR count). The van der Waals surface area contributed by atoms with Gasteiger partial charge in [0.2, 0.25) is 0 Å². The van der Waals surface area contributed by atoms with Crippen molar-refractivity contribution in [1.29, 1.82) is 0 Å². The van der Waals surface area contributed by atoms with Crippen LogP contribution in [0.2, 0.25) is 0 Å². The van der Waals surface area contributed by atoms with E-state index in [4.69, 9.17) is 4.42 Å². The van der Waals surface area contributed by atoms with Gasteiger partial charge in [0, 0.05) is 36.3 Å². The number of nitrogens with one attached hydrogen (secondary N) is 1. The van der Waals surface area contributed by atoms with Crippen molar-refractivity contribution >= 4 is 22.7 Å². The van der Waals surface area contributed by atoms with Gasteiger partial charge in [-0.15, -0.1) is 0 Å². The van der Waals surface area contributed by atoms with E-state index in [0.29, 0.717) is 43.3 Å². The van der Waals surface area contributed by atoms with Crippen molar-refractivity contribution in [2.24, 2.45) is 0 Å².